The number of benzene rings is 2. The van der Waals surface area contributed by atoms with Crippen LogP contribution in [0.25, 0.3) is 0 Å². The zero-order valence-electron chi connectivity index (χ0n) is 20.1. The molecule has 0 aliphatic heterocycles. The van der Waals surface area contributed by atoms with Gasteiger partial charge in [0.25, 0.3) is 0 Å². The predicted molar refractivity (Wildman–Crippen MR) is 137 cm³/mol. The van der Waals surface area contributed by atoms with Gasteiger partial charge in [-0.15, -0.1) is 0 Å². The van der Waals surface area contributed by atoms with Gasteiger partial charge >= 0.3 is 0 Å². The first kappa shape index (κ1) is 28.0. The molecule has 0 radical (unpaired) electrons. The fraction of sp³-hybridized carbons (Fsp3) is 0.423. The summed E-state index contributed by atoms with van der Waals surface area (Å²) in [4.78, 5) is 35.2. The average molecular weight is 484 g/mol. The molecule has 0 saturated heterocycles. The predicted octanol–water partition coefficient (Wildman–Crippen LogP) is 3.44. The fourth-order valence-corrected chi connectivity index (χ4v) is 3.61. The van der Waals surface area contributed by atoms with Crippen molar-refractivity contribution in [2.75, 3.05) is 17.2 Å². The third-order valence-corrected chi connectivity index (χ3v) is 5.59. The number of carbonyl (C=O) groups is 3. The highest BCUT2D eigenvalue weighted by molar-refractivity contribution is 5.91. The molecule has 0 heterocycles. The van der Waals surface area contributed by atoms with Gasteiger partial charge in [0.05, 0.1) is 0 Å². The van der Waals surface area contributed by atoms with Crippen molar-refractivity contribution in [1.82, 2.24) is 10.9 Å². The Hall–Kier alpha value is -3.27. The average Bonchev–Trinajstić information content (AvgIpc) is 2.86. The van der Waals surface area contributed by atoms with E-state index in [1.807, 2.05) is 48.5 Å². The molecule has 0 saturated carbocycles. The number of rotatable bonds is 16. The van der Waals surface area contributed by atoms with Gasteiger partial charge in [0.1, 0.15) is 0 Å². The van der Waals surface area contributed by atoms with Gasteiger partial charge in [0.15, 0.2) is 0 Å². The number of nitrogens with two attached hydrogens (primary N) is 1. The number of unbranched alkanes of at least 4 members (excludes halogenated alkanes) is 3. The van der Waals surface area contributed by atoms with Crippen molar-refractivity contribution < 1.29 is 19.6 Å². The van der Waals surface area contributed by atoms with Crippen molar-refractivity contribution in [2.45, 2.75) is 64.2 Å². The Labute approximate surface area is 206 Å². The Morgan fingerprint density at radius 2 is 1.09 bits per heavy atom. The van der Waals surface area contributed by atoms with Crippen LogP contribution in [0.2, 0.25) is 0 Å². The summed E-state index contributed by atoms with van der Waals surface area (Å²) in [7, 11) is 0. The summed E-state index contributed by atoms with van der Waals surface area (Å²) >= 11 is 0. The lowest BCUT2D eigenvalue weighted by molar-refractivity contribution is -0.129. The van der Waals surface area contributed by atoms with Crippen LogP contribution >= 0.6 is 0 Å². The van der Waals surface area contributed by atoms with Crippen molar-refractivity contribution in [3.8, 4) is 0 Å². The minimum atomic E-state index is -0.382. The summed E-state index contributed by atoms with van der Waals surface area (Å²) < 4.78 is 0. The molecule has 0 aliphatic rings. The Kier molecular flexibility index (Phi) is 13.1. The molecule has 0 aromatic heterocycles. The number of carbonyl (C=O) groups excluding carboxylic acids is 3. The van der Waals surface area contributed by atoms with E-state index < -0.39 is 0 Å². The summed E-state index contributed by atoms with van der Waals surface area (Å²) in [6.45, 7) is 0.704. The maximum absolute atomic E-state index is 12.2. The molecule has 2 aromatic carbocycles. The standard InChI is InChI=1S/C26H37N5O4/c27-28-19-18-21-12-16-23(17-13-21)30-25(33)9-5-6-20-10-14-22(15-11-20)29-24(32)7-3-1-2-4-8-26(34)31-35/h10-17,28,35H,1-9,18-19,27H2,(H,29,32)(H,30,33)(H,31,34). The maximum Gasteiger partial charge on any atom is 0.243 e. The van der Waals surface area contributed by atoms with Gasteiger partial charge in [0, 0.05) is 37.2 Å². The number of hydrogen-bond acceptors (Lipinski definition) is 6. The molecule has 3 amide bonds. The van der Waals surface area contributed by atoms with Gasteiger partial charge in [-0.1, -0.05) is 37.1 Å². The molecule has 0 bridgehead atoms. The van der Waals surface area contributed by atoms with Crippen molar-refractivity contribution >= 4 is 29.1 Å². The molecular weight excluding hydrogens is 446 g/mol. The number of anilines is 2. The fourth-order valence-electron chi connectivity index (χ4n) is 3.61. The molecule has 35 heavy (non-hydrogen) atoms. The molecule has 0 spiro atoms. The maximum atomic E-state index is 12.2. The van der Waals surface area contributed by atoms with Crippen molar-refractivity contribution in [2.24, 2.45) is 5.84 Å². The SMILES string of the molecule is NNCCc1ccc(NC(=O)CCCc2ccc(NC(=O)CCCCCCC(=O)NO)cc2)cc1. The van der Waals surface area contributed by atoms with Crippen LogP contribution in [0, 0.1) is 0 Å². The van der Waals surface area contributed by atoms with Gasteiger partial charge < -0.3 is 10.6 Å². The van der Waals surface area contributed by atoms with Crippen molar-refractivity contribution in [3.05, 3.63) is 59.7 Å². The molecule has 2 aromatic rings. The van der Waals surface area contributed by atoms with Gasteiger partial charge in [-0.2, -0.15) is 0 Å². The Morgan fingerprint density at radius 3 is 1.57 bits per heavy atom. The number of hydrazine groups is 1. The van der Waals surface area contributed by atoms with Crippen LogP contribution in [0.15, 0.2) is 48.5 Å². The minimum Gasteiger partial charge on any atom is -0.326 e. The number of amides is 3. The highest BCUT2D eigenvalue weighted by atomic mass is 16.5. The molecule has 190 valence electrons. The second-order valence-corrected chi connectivity index (χ2v) is 8.50. The lowest BCUT2D eigenvalue weighted by Gasteiger charge is -2.08. The van der Waals surface area contributed by atoms with Crippen LogP contribution in [0.1, 0.15) is 62.5 Å². The molecule has 9 heteroatoms. The van der Waals surface area contributed by atoms with Crippen LogP contribution < -0.4 is 27.4 Å². The normalized spacial score (nSPS) is 10.6. The molecule has 0 aliphatic carbocycles. The molecule has 0 unspecified atom stereocenters. The lowest BCUT2D eigenvalue weighted by atomic mass is 10.1. The summed E-state index contributed by atoms with van der Waals surface area (Å²) in [5.41, 5.74) is 8.04. The number of nitrogens with one attached hydrogen (secondary N) is 4. The van der Waals surface area contributed by atoms with Crippen molar-refractivity contribution in [3.63, 3.8) is 0 Å². The first-order chi connectivity index (χ1) is 17.0. The van der Waals surface area contributed by atoms with Crippen LogP contribution in [0.3, 0.4) is 0 Å². The van der Waals surface area contributed by atoms with Gasteiger partial charge in [-0.25, -0.2) is 5.48 Å². The zero-order valence-corrected chi connectivity index (χ0v) is 20.1. The quantitative estimate of drug-likeness (QED) is 0.0933. The van der Waals surface area contributed by atoms with E-state index in [0.717, 1.165) is 61.0 Å². The molecular formula is C26H37N5O4. The number of aryl methyl sites for hydroxylation is 1. The molecule has 0 atom stereocenters. The monoisotopic (exact) mass is 483 g/mol. The van der Waals surface area contributed by atoms with Gasteiger partial charge in [0.2, 0.25) is 17.7 Å². The third-order valence-electron chi connectivity index (χ3n) is 5.59. The third kappa shape index (κ3) is 12.1. The minimum absolute atomic E-state index is 0.0121. The summed E-state index contributed by atoms with van der Waals surface area (Å²) in [5.74, 6) is 4.86. The van der Waals surface area contributed by atoms with Crippen LogP contribution in [0.4, 0.5) is 11.4 Å². The van der Waals surface area contributed by atoms with E-state index in [4.69, 9.17) is 11.0 Å². The molecule has 7 N–H and O–H groups in total. The molecule has 9 nitrogen and oxygen atoms in total. The van der Waals surface area contributed by atoms with E-state index in [-0.39, 0.29) is 17.7 Å². The summed E-state index contributed by atoms with van der Waals surface area (Å²) in [6.07, 6.45) is 6.64. The molecule has 0 fully saturated rings. The van der Waals surface area contributed by atoms with Crippen molar-refractivity contribution in [1.29, 1.82) is 0 Å². The topological polar surface area (TPSA) is 146 Å². The summed E-state index contributed by atoms with van der Waals surface area (Å²) in [6, 6.07) is 15.4. The van der Waals surface area contributed by atoms with Gasteiger partial charge in [-0.3, -0.25) is 30.9 Å². The summed E-state index contributed by atoms with van der Waals surface area (Å²) in [5, 5.41) is 14.3. The zero-order chi connectivity index (χ0) is 25.3. The highest BCUT2D eigenvalue weighted by Gasteiger charge is 2.06. The van der Waals surface area contributed by atoms with Crippen LogP contribution in [-0.2, 0) is 27.2 Å². The first-order valence-corrected chi connectivity index (χ1v) is 12.1. The molecule has 2 rings (SSSR count). The second kappa shape index (κ2) is 16.4. The van der Waals surface area contributed by atoms with Crippen LogP contribution in [-0.4, -0.2) is 29.5 Å². The van der Waals surface area contributed by atoms with E-state index >= 15 is 0 Å². The number of hydroxylamine groups is 1. The van der Waals surface area contributed by atoms with E-state index in [9.17, 15) is 14.4 Å². The lowest BCUT2D eigenvalue weighted by Crippen LogP contribution is -2.24. The highest BCUT2D eigenvalue weighted by Crippen LogP contribution is 2.14. The Morgan fingerprint density at radius 1 is 0.629 bits per heavy atom. The van der Waals surface area contributed by atoms with E-state index in [2.05, 4.69) is 16.1 Å². The van der Waals surface area contributed by atoms with Gasteiger partial charge in [-0.05, 0) is 67.5 Å². The largest absolute Gasteiger partial charge is 0.326 e. The Bertz CT molecular complexity index is 916. The number of hydrogen-bond donors (Lipinski definition) is 6. The smallest absolute Gasteiger partial charge is 0.243 e. The second-order valence-electron chi connectivity index (χ2n) is 8.50. The van der Waals surface area contributed by atoms with Crippen LogP contribution in [0.5, 0.6) is 0 Å². The Balaban J connectivity index is 1.60. The van der Waals surface area contributed by atoms with E-state index in [1.54, 1.807) is 5.48 Å². The van der Waals surface area contributed by atoms with E-state index in [1.165, 1.54) is 0 Å². The van der Waals surface area contributed by atoms with E-state index in [0.29, 0.717) is 32.2 Å². The first-order valence-electron chi connectivity index (χ1n) is 12.1.